The number of hydrogen-bond donors (Lipinski definition) is 0. The van der Waals surface area contributed by atoms with Gasteiger partial charge in [0.05, 0.1) is 12.5 Å². The Labute approximate surface area is 81.3 Å². The van der Waals surface area contributed by atoms with Crippen molar-refractivity contribution in [2.24, 2.45) is 0 Å². The highest BCUT2D eigenvalue weighted by molar-refractivity contribution is 5.93. The average molecular weight is 190 g/mol. The Kier molecular flexibility index (Phi) is 2.49. The third kappa shape index (κ3) is 1.93. The molecule has 0 saturated carbocycles. The molecule has 0 N–H and O–H groups in total. The molecule has 0 aromatic carbocycles. The highest BCUT2D eigenvalue weighted by Gasteiger charge is 2.09. The Morgan fingerprint density at radius 2 is 1.93 bits per heavy atom. The first kappa shape index (κ1) is 8.81. The van der Waals surface area contributed by atoms with Crippen molar-refractivity contribution in [1.29, 1.82) is 0 Å². The van der Waals surface area contributed by atoms with Crippen LogP contribution >= 0.6 is 0 Å². The van der Waals surface area contributed by atoms with Gasteiger partial charge < -0.3 is 8.83 Å². The van der Waals surface area contributed by atoms with Crippen LogP contribution in [0.3, 0.4) is 0 Å². The van der Waals surface area contributed by atoms with E-state index in [1.807, 2.05) is 12.1 Å². The molecule has 0 radical (unpaired) electrons. The fourth-order valence-electron chi connectivity index (χ4n) is 1.25. The quantitative estimate of drug-likeness (QED) is 0.696. The molecule has 2 rings (SSSR count). The molecule has 0 aliphatic heterocycles. The van der Waals surface area contributed by atoms with E-state index in [9.17, 15) is 4.79 Å². The fourth-order valence-corrected chi connectivity index (χ4v) is 1.25. The Balaban J connectivity index is 1.90. The highest BCUT2D eigenvalue weighted by atomic mass is 16.3. The number of aryl methyl sites for hydroxylation is 1. The summed E-state index contributed by atoms with van der Waals surface area (Å²) in [7, 11) is 0. The van der Waals surface area contributed by atoms with Crippen molar-refractivity contribution in [3.8, 4) is 0 Å². The van der Waals surface area contributed by atoms with E-state index >= 15 is 0 Å². The van der Waals surface area contributed by atoms with Gasteiger partial charge in [0.15, 0.2) is 11.5 Å². The lowest BCUT2D eigenvalue weighted by Crippen LogP contribution is -1.98. The number of hydrogen-bond acceptors (Lipinski definition) is 3. The summed E-state index contributed by atoms with van der Waals surface area (Å²) in [4.78, 5) is 11.5. The van der Waals surface area contributed by atoms with E-state index in [2.05, 4.69) is 0 Å². The van der Waals surface area contributed by atoms with E-state index in [1.165, 1.54) is 6.26 Å². The maximum atomic E-state index is 11.5. The van der Waals surface area contributed by atoms with Crippen molar-refractivity contribution in [2.75, 3.05) is 0 Å². The van der Waals surface area contributed by atoms with E-state index < -0.39 is 0 Å². The normalized spacial score (nSPS) is 10.3. The Morgan fingerprint density at radius 3 is 2.57 bits per heavy atom. The summed E-state index contributed by atoms with van der Waals surface area (Å²) >= 11 is 0. The third-order valence-electron chi connectivity index (χ3n) is 1.97. The number of ketones is 1. The lowest BCUT2D eigenvalue weighted by atomic mass is 10.1. The van der Waals surface area contributed by atoms with E-state index in [4.69, 9.17) is 8.83 Å². The van der Waals surface area contributed by atoms with Crippen LogP contribution in [0.5, 0.6) is 0 Å². The third-order valence-corrected chi connectivity index (χ3v) is 1.97. The molecule has 2 aromatic rings. The van der Waals surface area contributed by atoms with Crippen LogP contribution in [0.2, 0.25) is 0 Å². The molecule has 14 heavy (non-hydrogen) atoms. The number of carbonyl (C=O) groups is 1. The zero-order chi connectivity index (χ0) is 9.80. The summed E-state index contributed by atoms with van der Waals surface area (Å²) < 4.78 is 10.1. The fraction of sp³-hybridized carbons (Fsp3) is 0.182. The molecule has 0 fully saturated rings. The minimum Gasteiger partial charge on any atom is -0.469 e. The maximum Gasteiger partial charge on any atom is 0.198 e. The monoisotopic (exact) mass is 190 g/mol. The van der Waals surface area contributed by atoms with Crippen molar-refractivity contribution in [3.05, 3.63) is 48.3 Å². The summed E-state index contributed by atoms with van der Waals surface area (Å²) in [5.74, 6) is 1.24. The number of furan rings is 2. The molecule has 0 aliphatic carbocycles. The van der Waals surface area contributed by atoms with Crippen LogP contribution < -0.4 is 0 Å². The molecule has 3 nitrogen and oxygen atoms in total. The highest BCUT2D eigenvalue weighted by Crippen LogP contribution is 2.09. The lowest BCUT2D eigenvalue weighted by molar-refractivity contribution is 0.0954. The average Bonchev–Trinajstić information content (AvgIpc) is 2.87. The van der Waals surface area contributed by atoms with Crippen LogP contribution in [-0.4, -0.2) is 5.78 Å². The molecule has 0 aliphatic rings. The van der Waals surface area contributed by atoms with Crippen LogP contribution in [0.25, 0.3) is 0 Å². The van der Waals surface area contributed by atoms with Gasteiger partial charge in [-0.05, 0) is 24.3 Å². The second-order valence-corrected chi connectivity index (χ2v) is 2.98. The van der Waals surface area contributed by atoms with Crippen LogP contribution in [0.1, 0.15) is 22.7 Å². The number of Topliss-reactive ketones (excluding diaryl/α,β-unsaturated/α-hetero) is 1. The number of rotatable bonds is 4. The van der Waals surface area contributed by atoms with Crippen molar-refractivity contribution in [3.63, 3.8) is 0 Å². The zero-order valence-electron chi connectivity index (χ0n) is 7.60. The Hall–Kier alpha value is -1.77. The van der Waals surface area contributed by atoms with E-state index in [-0.39, 0.29) is 5.78 Å². The Bertz CT molecular complexity index is 384. The molecule has 72 valence electrons. The van der Waals surface area contributed by atoms with Crippen LogP contribution in [0.15, 0.2) is 45.6 Å². The second-order valence-electron chi connectivity index (χ2n) is 2.98. The Morgan fingerprint density at radius 1 is 1.14 bits per heavy atom. The standard InChI is InChI=1S/C11H10O3/c12-10(11-4-2-8-14-11)6-5-9-3-1-7-13-9/h1-4,7-8H,5-6H2. The first-order valence-corrected chi connectivity index (χ1v) is 4.45. The van der Waals surface area contributed by atoms with Crippen LogP contribution in [-0.2, 0) is 6.42 Å². The van der Waals surface area contributed by atoms with Crippen molar-refractivity contribution in [2.45, 2.75) is 12.8 Å². The van der Waals surface area contributed by atoms with Gasteiger partial charge in [-0.2, -0.15) is 0 Å². The molecular formula is C11H10O3. The number of carbonyl (C=O) groups excluding carboxylic acids is 1. The molecule has 3 heteroatoms. The molecule has 0 unspecified atom stereocenters. The van der Waals surface area contributed by atoms with Gasteiger partial charge in [0.1, 0.15) is 5.76 Å². The molecule has 0 amide bonds. The van der Waals surface area contributed by atoms with E-state index in [0.717, 1.165) is 5.76 Å². The summed E-state index contributed by atoms with van der Waals surface area (Å²) in [5, 5.41) is 0. The minimum absolute atomic E-state index is 0.00593. The van der Waals surface area contributed by atoms with Gasteiger partial charge in [-0.15, -0.1) is 0 Å². The SMILES string of the molecule is O=C(CCc1ccco1)c1ccco1. The van der Waals surface area contributed by atoms with Gasteiger partial charge in [-0.25, -0.2) is 0 Å². The van der Waals surface area contributed by atoms with Gasteiger partial charge >= 0.3 is 0 Å². The lowest BCUT2D eigenvalue weighted by Gasteiger charge is -1.94. The maximum absolute atomic E-state index is 11.5. The molecule has 0 saturated heterocycles. The summed E-state index contributed by atoms with van der Waals surface area (Å²) in [6.45, 7) is 0. The molecule has 0 atom stereocenters. The van der Waals surface area contributed by atoms with Crippen molar-refractivity contribution in [1.82, 2.24) is 0 Å². The van der Waals surface area contributed by atoms with Gasteiger partial charge in [0.2, 0.25) is 0 Å². The summed E-state index contributed by atoms with van der Waals surface area (Å²) in [6, 6.07) is 7.05. The molecule has 2 heterocycles. The van der Waals surface area contributed by atoms with E-state index in [1.54, 1.807) is 18.4 Å². The zero-order valence-corrected chi connectivity index (χ0v) is 7.60. The largest absolute Gasteiger partial charge is 0.469 e. The minimum atomic E-state index is 0.00593. The molecule has 2 aromatic heterocycles. The van der Waals surface area contributed by atoms with Gasteiger partial charge in [0, 0.05) is 12.8 Å². The summed E-state index contributed by atoms with van der Waals surface area (Å²) in [6.07, 6.45) is 4.14. The molecule has 0 spiro atoms. The predicted molar refractivity (Wildman–Crippen MR) is 50.1 cm³/mol. The van der Waals surface area contributed by atoms with Crippen LogP contribution in [0, 0.1) is 0 Å². The summed E-state index contributed by atoms with van der Waals surface area (Å²) in [5.41, 5.74) is 0. The molecular weight excluding hydrogens is 180 g/mol. The molecule has 0 bridgehead atoms. The topological polar surface area (TPSA) is 43.4 Å². The smallest absolute Gasteiger partial charge is 0.198 e. The first-order chi connectivity index (χ1) is 6.86. The first-order valence-electron chi connectivity index (χ1n) is 4.45. The second kappa shape index (κ2) is 3.96. The van der Waals surface area contributed by atoms with Gasteiger partial charge in [-0.3, -0.25) is 4.79 Å². The van der Waals surface area contributed by atoms with Gasteiger partial charge in [-0.1, -0.05) is 0 Å². The van der Waals surface area contributed by atoms with E-state index in [0.29, 0.717) is 18.6 Å². The van der Waals surface area contributed by atoms with Crippen LogP contribution in [0.4, 0.5) is 0 Å². The predicted octanol–water partition coefficient (Wildman–Crippen LogP) is 2.69. The van der Waals surface area contributed by atoms with Crippen molar-refractivity contribution >= 4 is 5.78 Å². The van der Waals surface area contributed by atoms with Gasteiger partial charge in [0.25, 0.3) is 0 Å². The van der Waals surface area contributed by atoms with Crippen molar-refractivity contribution < 1.29 is 13.6 Å².